The molecule has 1 aliphatic rings. The Kier molecular flexibility index (Phi) is 5.72. The van der Waals surface area contributed by atoms with Gasteiger partial charge in [0.2, 0.25) is 0 Å². The molecule has 1 atom stereocenters. The molecule has 4 heteroatoms. The van der Waals surface area contributed by atoms with E-state index in [1.165, 1.54) is 16.7 Å². The average Bonchev–Trinajstić information content (AvgIpc) is 2.76. The zero-order chi connectivity index (χ0) is 20.2. The fourth-order valence-corrected chi connectivity index (χ4v) is 3.96. The van der Waals surface area contributed by atoms with Gasteiger partial charge in [0.15, 0.2) is 11.5 Å². The van der Waals surface area contributed by atoms with Crippen molar-refractivity contribution in [1.82, 2.24) is 4.90 Å². The van der Waals surface area contributed by atoms with Crippen LogP contribution >= 0.6 is 0 Å². The Balaban J connectivity index is 1.47. The largest absolute Gasteiger partial charge is 0.504 e. The van der Waals surface area contributed by atoms with Crippen LogP contribution in [0.15, 0.2) is 66.7 Å². The maximum absolute atomic E-state index is 10.3. The summed E-state index contributed by atoms with van der Waals surface area (Å²) in [5.41, 5.74) is 4.84. The molecule has 3 aromatic carbocycles. The van der Waals surface area contributed by atoms with Crippen LogP contribution in [0, 0.1) is 0 Å². The zero-order valence-corrected chi connectivity index (χ0v) is 17.0. The number of likely N-dealkylation sites (N-methyl/N-ethyl adjacent to an activating group) is 1. The molecule has 0 aliphatic carbocycles. The van der Waals surface area contributed by atoms with Gasteiger partial charge in [-0.1, -0.05) is 42.5 Å². The molecule has 29 heavy (non-hydrogen) atoms. The van der Waals surface area contributed by atoms with Gasteiger partial charge >= 0.3 is 0 Å². The first-order chi connectivity index (χ1) is 14.1. The van der Waals surface area contributed by atoms with E-state index in [2.05, 4.69) is 36.2 Å². The van der Waals surface area contributed by atoms with Gasteiger partial charge in [-0.3, -0.25) is 4.90 Å². The monoisotopic (exact) mass is 389 g/mol. The van der Waals surface area contributed by atoms with Crippen molar-refractivity contribution in [2.24, 2.45) is 0 Å². The molecule has 1 unspecified atom stereocenters. The number of hydrogen-bond donors (Lipinski definition) is 1. The fraction of sp³-hybridized carbons (Fsp3) is 0.280. The van der Waals surface area contributed by atoms with E-state index < -0.39 is 0 Å². The highest BCUT2D eigenvalue weighted by Crippen LogP contribution is 2.38. The van der Waals surface area contributed by atoms with Crippen LogP contribution in [0.3, 0.4) is 0 Å². The van der Waals surface area contributed by atoms with Gasteiger partial charge in [-0.2, -0.15) is 0 Å². The maximum Gasteiger partial charge on any atom is 0.160 e. The minimum absolute atomic E-state index is 0.205. The topological polar surface area (TPSA) is 41.9 Å². The first kappa shape index (κ1) is 19.3. The maximum atomic E-state index is 10.3. The van der Waals surface area contributed by atoms with Crippen molar-refractivity contribution in [2.45, 2.75) is 25.5 Å². The molecule has 4 nitrogen and oxygen atoms in total. The summed E-state index contributed by atoms with van der Waals surface area (Å²) in [5, 5.41) is 10.3. The van der Waals surface area contributed by atoms with Crippen molar-refractivity contribution in [1.29, 1.82) is 0 Å². The molecule has 1 aliphatic heterocycles. The Morgan fingerprint density at radius 3 is 2.48 bits per heavy atom. The summed E-state index contributed by atoms with van der Waals surface area (Å²) >= 11 is 0. The highest BCUT2D eigenvalue weighted by atomic mass is 16.5. The molecule has 0 aromatic heterocycles. The first-order valence-corrected chi connectivity index (χ1v) is 9.99. The van der Waals surface area contributed by atoms with Crippen molar-refractivity contribution < 1.29 is 14.6 Å². The summed E-state index contributed by atoms with van der Waals surface area (Å²) < 4.78 is 11.2. The number of rotatable bonds is 6. The number of nitrogens with zero attached hydrogens (tertiary/aromatic N) is 1. The van der Waals surface area contributed by atoms with Crippen molar-refractivity contribution in [3.05, 3.63) is 89.0 Å². The predicted molar refractivity (Wildman–Crippen MR) is 115 cm³/mol. The van der Waals surface area contributed by atoms with Gasteiger partial charge in [0.1, 0.15) is 12.4 Å². The lowest BCUT2D eigenvalue weighted by Gasteiger charge is -2.35. The van der Waals surface area contributed by atoms with E-state index in [-0.39, 0.29) is 11.8 Å². The second kappa shape index (κ2) is 8.58. The van der Waals surface area contributed by atoms with E-state index in [4.69, 9.17) is 9.47 Å². The van der Waals surface area contributed by atoms with Gasteiger partial charge in [0.05, 0.1) is 7.11 Å². The Labute approximate surface area is 172 Å². The van der Waals surface area contributed by atoms with Crippen LogP contribution in [0.2, 0.25) is 0 Å². The summed E-state index contributed by atoms with van der Waals surface area (Å²) in [4.78, 5) is 2.36. The standard InChI is InChI=1S/C25H27NO3/c1-26-13-12-20-15-25(28-2)24(27)16-22(20)23(26)14-18-8-10-21(11-9-18)29-17-19-6-4-3-5-7-19/h3-11,15-16,23,27H,12-14,17H2,1-2H3. The molecular weight excluding hydrogens is 362 g/mol. The SMILES string of the molecule is COc1cc2c(cc1O)C(Cc1ccc(OCc3ccccc3)cc1)N(C)CC2. The third-order valence-corrected chi connectivity index (χ3v) is 5.67. The fourth-order valence-electron chi connectivity index (χ4n) is 3.96. The van der Waals surface area contributed by atoms with Crippen molar-refractivity contribution >= 4 is 0 Å². The number of benzene rings is 3. The molecule has 1 N–H and O–H groups in total. The molecule has 0 spiro atoms. The molecule has 1 heterocycles. The summed E-state index contributed by atoms with van der Waals surface area (Å²) in [6.07, 6.45) is 1.85. The van der Waals surface area contributed by atoms with E-state index >= 15 is 0 Å². The molecule has 4 rings (SSSR count). The number of methoxy groups -OCH3 is 1. The van der Waals surface area contributed by atoms with Crippen LogP contribution in [0.25, 0.3) is 0 Å². The van der Waals surface area contributed by atoms with Gasteiger partial charge in [-0.15, -0.1) is 0 Å². The molecule has 0 saturated heterocycles. The van der Waals surface area contributed by atoms with E-state index in [1.54, 1.807) is 7.11 Å². The second-order valence-corrected chi connectivity index (χ2v) is 7.59. The average molecular weight is 389 g/mol. The molecule has 0 bridgehead atoms. The number of hydrogen-bond acceptors (Lipinski definition) is 4. The molecule has 0 fully saturated rings. The summed E-state index contributed by atoms with van der Waals surface area (Å²) in [6.45, 7) is 1.56. The van der Waals surface area contributed by atoms with Gasteiger partial charge in [-0.25, -0.2) is 0 Å². The molecular formula is C25H27NO3. The summed E-state index contributed by atoms with van der Waals surface area (Å²) in [6, 6.07) is 22.6. The van der Waals surface area contributed by atoms with E-state index in [0.29, 0.717) is 12.4 Å². The van der Waals surface area contributed by atoms with Crippen molar-refractivity contribution in [3.8, 4) is 17.2 Å². The van der Waals surface area contributed by atoms with Crippen molar-refractivity contribution in [3.63, 3.8) is 0 Å². The van der Waals surface area contributed by atoms with Crippen LogP contribution in [-0.4, -0.2) is 30.7 Å². The lowest BCUT2D eigenvalue weighted by molar-refractivity contribution is 0.228. The van der Waals surface area contributed by atoms with Gasteiger partial charge in [0, 0.05) is 12.6 Å². The minimum Gasteiger partial charge on any atom is -0.504 e. The lowest BCUT2D eigenvalue weighted by Crippen LogP contribution is -2.33. The predicted octanol–water partition coefficient (Wildman–Crippen LogP) is 4.75. The first-order valence-electron chi connectivity index (χ1n) is 9.99. The molecule has 0 radical (unpaired) electrons. The van der Waals surface area contributed by atoms with Crippen LogP contribution in [0.1, 0.15) is 28.3 Å². The Morgan fingerprint density at radius 2 is 1.76 bits per heavy atom. The second-order valence-electron chi connectivity index (χ2n) is 7.59. The van der Waals surface area contributed by atoms with Crippen molar-refractivity contribution in [2.75, 3.05) is 20.7 Å². The van der Waals surface area contributed by atoms with Crippen LogP contribution in [0.5, 0.6) is 17.2 Å². The molecule has 3 aromatic rings. The van der Waals surface area contributed by atoms with E-state index in [0.717, 1.165) is 30.7 Å². The Hall–Kier alpha value is -2.98. The number of aromatic hydroxyl groups is 1. The van der Waals surface area contributed by atoms with E-state index in [9.17, 15) is 5.11 Å². The molecule has 150 valence electrons. The Morgan fingerprint density at radius 1 is 1.00 bits per heavy atom. The zero-order valence-electron chi connectivity index (χ0n) is 17.0. The highest BCUT2D eigenvalue weighted by Gasteiger charge is 2.26. The quantitative estimate of drug-likeness (QED) is 0.661. The van der Waals surface area contributed by atoms with Crippen LogP contribution in [0.4, 0.5) is 0 Å². The molecule has 0 amide bonds. The number of phenolic OH excluding ortho intramolecular Hbond substituents is 1. The van der Waals surface area contributed by atoms with Gasteiger partial charge in [-0.05, 0) is 66.4 Å². The lowest BCUT2D eigenvalue weighted by atomic mass is 9.88. The number of phenols is 1. The van der Waals surface area contributed by atoms with Crippen LogP contribution < -0.4 is 9.47 Å². The molecule has 0 saturated carbocycles. The van der Waals surface area contributed by atoms with E-state index in [1.807, 2.05) is 42.5 Å². The van der Waals surface area contributed by atoms with Gasteiger partial charge in [0.25, 0.3) is 0 Å². The van der Waals surface area contributed by atoms with Crippen LogP contribution in [-0.2, 0) is 19.4 Å². The summed E-state index contributed by atoms with van der Waals surface area (Å²) in [5.74, 6) is 1.63. The smallest absolute Gasteiger partial charge is 0.160 e. The number of fused-ring (bicyclic) bond motifs is 1. The third-order valence-electron chi connectivity index (χ3n) is 5.67. The number of ether oxygens (including phenoxy) is 2. The summed E-state index contributed by atoms with van der Waals surface area (Å²) in [7, 11) is 3.74. The minimum atomic E-state index is 0.205. The third kappa shape index (κ3) is 4.38. The van der Waals surface area contributed by atoms with Gasteiger partial charge < -0.3 is 14.6 Å². The normalized spacial score (nSPS) is 16.3. The highest BCUT2D eigenvalue weighted by molar-refractivity contribution is 5.49. The Bertz CT molecular complexity index is 954.